The molecule has 0 aliphatic carbocycles. The van der Waals surface area contributed by atoms with E-state index in [1.807, 2.05) is 6.92 Å². The van der Waals surface area contributed by atoms with Crippen molar-refractivity contribution in [1.29, 1.82) is 0 Å². The Morgan fingerprint density at radius 3 is 2.50 bits per heavy atom. The number of aliphatic hydroxyl groups excluding tert-OH is 3. The number of carbonyl (C=O) groups excluding carboxylic acids is 2. The lowest BCUT2D eigenvalue weighted by Crippen LogP contribution is -2.64. The fourth-order valence-electron chi connectivity index (χ4n) is 2.49. The van der Waals surface area contributed by atoms with E-state index in [4.69, 9.17) is 9.47 Å². The van der Waals surface area contributed by atoms with Gasteiger partial charge in [-0.1, -0.05) is 0 Å². The molecule has 0 radical (unpaired) electrons. The van der Waals surface area contributed by atoms with Crippen molar-refractivity contribution in [3.63, 3.8) is 0 Å². The van der Waals surface area contributed by atoms with Crippen molar-refractivity contribution in [2.75, 3.05) is 19.8 Å². The number of hydrogen-bond acceptors (Lipinski definition) is 7. The zero-order chi connectivity index (χ0) is 18.1. The van der Waals surface area contributed by atoms with E-state index in [1.165, 1.54) is 6.92 Å². The molecule has 1 aliphatic heterocycles. The van der Waals surface area contributed by atoms with E-state index in [2.05, 4.69) is 10.6 Å². The molecule has 1 aliphatic rings. The number of unbranched alkanes of at least 4 members (excludes halogenated alkanes) is 1. The zero-order valence-electron chi connectivity index (χ0n) is 14.1. The number of rotatable bonds is 9. The quantitative estimate of drug-likeness (QED) is 0.312. The lowest BCUT2D eigenvalue weighted by molar-refractivity contribution is -0.270. The van der Waals surface area contributed by atoms with Crippen LogP contribution < -0.4 is 10.6 Å². The van der Waals surface area contributed by atoms with Crippen LogP contribution in [0.5, 0.6) is 0 Å². The summed E-state index contributed by atoms with van der Waals surface area (Å²) in [6.45, 7) is 3.48. The van der Waals surface area contributed by atoms with Crippen molar-refractivity contribution < 1.29 is 34.4 Å². The lowest BCUT2D eigenvalue weighted by Gasteiger charge is -2.42. The van der Waals surface area contributed by atoms with Crippen LogP contribution >= 0.6 is 0 Å². The van der Waals surface area contributed by atoms with Crippen molar-refractivity contribution in [1.82, 2.24) is 10.6 Å². The van der Waals surface area contributed by atoms with E-state index >= 15 is 0 Å². The molecule has 3 unspecified atom stereocenters. The van der Waals surface area contributed by atoms with Gasteiger partial charge in [-0.2, -0.15) is 0 Å². The van der Waals surface area contributed by atoms with Crippen LogP contribution in [0.3, 0.4) is 0 Å². The summed E-state index contributed by atoms with van der Waals surface area (Å²) in [5, 5.41) is 34.4. The van der Waals surface area contributed by atoms with E-state index in [0.717, 1.165) is 0 Å². The molecule has 0 saturated carbocycles. The molecule has 0 bridgehead atoms. The number of ether oxygens (including phenoxy) is 2. The molecular formula is C15H28N2O7. The highest BCUT2D eigenvalue weighted by Gasteiger charge is 2.45. The second-order valence-corrected chi connectivity index (χ2v) is 5.71. The van der Waals surface area contributed by atoms with Crippen LogP contribution in [-0.4, -0.2) is 77.5 Å². The van der Waals surface area contributed by atoms with Crippen LogP contribution in [0.25, 0.3) is 0 Å². The summed E-state index contributed by atoms with van der Waals surface area (Å²) in [4.78, 5) is 22.6. The first-order valence-corrected chi connectivity index (χ1v) is 8.18. The monoisotopic (exact) mass is 348 g/mol. The number of hydrogen-bond donors (Lipinski definition) is 5. The molecule has 2 amide bonds. The van der Waals surface area contributed by atoms with Gasteiger partial charge in [0.2, 0.25) is 11.8 Å². The van der Waals surface area contributed by atoms with Crippen LogP contribution in [-0.2, 0) is 19.1 Å². The molecule has 5 atom stereocenters. The highest BCUT2D eigenvalue weighted by Crippen LogP contribution is 2.22. The van der Waals surface area contributed by atoms with Crippen LogP contribution in [0.4, 0.5) is 0 Å². The summed E-state index contributed by atoms with van der Waals surface area (Å²) in [6, 6.07) is -0.941. The summed E-state index contributed by atoms with van der Waals surface area (Å²) in [5.74, 6) is -0.427. The van der Waals surface area contributed by atoms with Crippen LogP contribution in [0.2, 0.25) is 0 Å². The average Bonchev–Trinajstić information content (AvgIpc) is 2.53. The summed E-state index contributed by atoms with van der Waals surface area (Å²) >= 11 is 0. The predicted molar refractivity (Wildman–Crippen MR) is 83.9 cm³/mol. The topological polar surface area (TPSA) is 137 Å². The van der Waals surface area contributed by atoms with Gasteiger partial charge >= 0.3 is 0 Å². The van der Waals surface area contributed by atoms with Gasteiger partial charge in [0.25, 0.3) is 0 Å². The number of aliphatic hydroxyl groups is 3. The molecular weight excluding hydrogens is 320 g/mol. The molecule has 1 heterocycles. The Bertz CT molecular complexity index is 407. The first-order valence-electron chi connectivity index (χ1n) is 8.18. The Labute approximate surface area is 141 Å². The summed E-state index contributed by atoms with van der Waals surface area (Å²) in [5.41, 5.74) is 0. The van der Waals surface area contributed by atoms with Crippen LogP contribution in [0, 0.1) is 0 Å². The number of amides is 2. The first kappa shape index (κ1) is 20.8. The molecule has 1 rings (SSSR count). The lowest BCUT2D eigenvalue weighted by atomic mass is 9.97. The Balaban J connectivity index is 2.48. The third-order valence-electron chi connectivity index (χ3n) is 3.71. The first-order chi connectivity index (χ1) is 11.4. The summed E-state index contributed by atoms with van der Waals surface area (Å²) < 4.78 is 11.0. The molecule has 1 saturated heterocycles. The SMILES string of the molecule is CCNC(=O)CCCCO[C@@H]1OC(CO)[C@H](O)C(O)C1NC(C)=O. The van der Waals surface area contributed by atoms with E-state index < -0.39 is 43.2 Å². The molecule has 0 spiro atoms. The third-order valence-corrected chi connectivity index (χ3v) is 3.71. The smallest absolute Gasteiger partial charge is 0.219 e. The molecule has 9 nitrogen and oxygen atoms in total. The van der Waals surface area contributed by atoms with E-state index in [1.54, 1.807) is 0 Å². The molecule has 0 aromatic rings. The molecule has 24 heavy (non-hydrogen) atoms. The number of carbonyl (C=O) groups is 2. The fourth-order valence-corrected chi connectivity index (χ4v) is 2.49. The Morgan fingerprint density at radius 2 is 1.92 bits per heavy atom. The van der Waals surface area contributed by atoms with Crippen molar-refractivity contribution >= 4 is 11.8 Å². The minimum atomic E-state index is -1.33. The highest BCUT2D eigenvalue weighted by molar-refractivity contribution is 5.75. The maximum absolute atomic E-state index is 11.3. The van der Waals surface area contributed by atoms with Crippen LogP contribution in [0.15, 0.2) is 0 Å². The second-order valence-electron chi connectivity index (χ2n) is 5.71. The summed E-state index contributed by atoms with van der Waals surface area (Å²) in [6.07, 6.45) is -3.04. The molecule has 0 aromatic carbocycles. The standard InChI is InChI=1S/C15H28N2O7/c1-3-16-11(20)6-4-5-7-23-15-12(17-9(2)19)14(22)13(21)10(8-18)24-15/h10,12-15,18,21-22H,3-8H2,1-2H3,(H,16,20)(H,17,19)/t10?,12?,13-,14?,15+/m0/s1. The second kappa shape index (κ2) is 10.6. The molecule has 1 fully saturated rings. The van der Waals surface area contributed by atoms with E-state index in [9.17, 15) is 24.9 Å². The van der Waals surface area contributed by atoms with Gasteiger partial charge in [-0.3, -0.25) is 9.59 Å². The van der Waals surface area contributed by atoms with Gasteiger partial charge < -0.3 is 35.4 Å². The van der Waals surface area contributed by atoms with Gasteiger partial charge in [0, 0.05) is 26.5 Å². The molecule has 0 aromatic heterocycles. The predicted octanol–water partition coefficient (Wildman–Crippen LogP) is -1.75. The van der Waals surface area contributed by atoms with Gasteiger partial charge in [-0.05, 0) is 19.8 Å². The van der Waals surface area contributed by atoms with Gasteiger partial charge in [0.05, 0.1) is 6.61 Å². The third kappa shape index (κ3) is 6.33. The minimum absolute atomic E-state index is 0.0265. The van der Waals surface area contributed by atoms with Crippen molar-refractivity contribution in [3.05, 3.63) is 0 Å². The van der Waals surface area contributed by atoms with Gasteiger partial charge in [-0.25, -0.2) is 0 Å². The number of nitrogens with one attached hydrogen (secondary N) is 2. The highest BCUT2D eigenvalue weighted by atomic mass is 16.7. The largest absolute Gasteiger partial charge is 0.394 e. The van der Waals surface area contributed by atoms with Crippen molar-refractivity contribution in [2.24, 2.45) is 0 Å². The maximum atomic E-state index is 11.3. The molecule has 5 N–H and O–H groups in total. The minimum Gasteiger partial charge on any atom is -0.394 e. The summed E-state index contributed by atoms with van der Waals surface area (Å²) in [7, 11) is 0. The Kier molecular flexibility index (Phi) is 9.16. The van der Waals surface area contributed by atoms with E-state index in [0.29, 0.717) is 25.8 Å². The normalized spacial score (nSPS) is 30.0. The molecule has 140 valence electrons. The maximum Gasteiger partial charge on any atom is 0.219 e. The zero-order valence-corrected chi connectivity index (χ0v) is 14.1. The van der Waals surface area contributed by atoms with Crippen molar-refractivity contribution in [3.8, 4) is 0 Å². The average molecular weight is 348 g/mol. The van der Waals surface area contributed by atoms with Gasteiger partial charge in [0.15, 0.2) is 6.29 Å². The Morgan fingerprint density at radius 1 is 1.21 bits per heavy atom. The Hall–Kier alpha value is -1.26. The fraction of sp³-hybridized carbons (Fsp3) is 0.867. The van der Waals surface area contributed by atoms with Crippen LogP contribution in [0.1, 0.15) is 33.1 Å². The van der Waals surface area contributed by atoms with Gasteiger partial charge in [0.1, 0.15) is 24.4 Å². The van der Waals surface area contributed by atoms with Crippen molar-refractivity contribution in [2.45, 2.75) is 63.8 Å². The van der Waals surface area contributed by atoms with Gasteiger partial charge in [-0.15, -0.1) is 0 Å². The molecule has 9 heteroatoms. The van der Waals surface area contributed by atoms with E-state index in [-0.39, 0.29) is 12.5 Å².